The van der Waals surface area contributed by atoms with Crippen LogP contribution in [0.25, 0.3) is 22.6 Å². The summed E-state index contributed by atoms with van der Waals surface area (Å²) in [7, 11) is 3.66. The summed E-state index contributed by atoms with van der Waals surface area (Å²) in [5.41, 5.74) is 3.21. The number of aromatic carboxylic acids is 1. The van der Waals surface area contributed by atoms with Gasteiger partial charge in [-0.05, 0) is 30.3 Å². The van der Waals surface area contributed by atoms with E-state index in [1.165, 1.54) is 0 Å². The predicted octanol–water partition coefficient (Wildman–Crippen LogP) is 4.84. The van der Waals surface area contributed by atoms with E-state index in [1.807, 2.05) is 49.8 Å². The summed E-state index contributed by atoms with van der Waals surface area (Å²) in [4.78, 5) is 13.3. The Kier molecular flexibility index (Phi) is 5.72. The number of benzene rings is 2. The van der Waals surface area contributed by atoms with Gasteiger partial charge in [0.25, 0.3) is 0 Å². The maximum absolute atomic E-state index is 11.2. The number of nitrogens with zero attached hydrogens (tertiary/aromatic N) is 1. The molecule has 0 bridgehead atoms. The Morgan fingerprint density at radius 1 is 1.20 bits per heavy atom. The second kappa shape index (κ2) is 8.59. The van der Waals surface area contributed by atoms with Crippen molar-refractivity contribution >= 4 is 17.7 Å². The van der Waals surface area contributed by atoms with Crippen molar-refractivity contribution in [3.63, 3.8) is 0 Å². The lowest BCUT2D eigenvalue weighted by Crippen LogP contribution is -2.28. The minimum Gasteiger partial charge on any atom is -0.497 e. The summed E-state index contributed by atoms with van der Waals surface area (Å²) >= 11 is 1.75. The van der Waals surface area contributed by atoms with Gasteiger partial charge in [0.1, 0.15) is 22.8 Å². The summed E-state index contributed by atoms with van der Waals surface area (Å²) in [5.74, 6) is 2.03. The van der Waals surface area contributed by atoms with Gasteiger partial charge in [0.15, 0.2) is 0 Å². The maximum Gasteiger partial charge on any atom is 0.335 e. The zero-order valence-corrected chi connectivity index (χ0v) is 17.5. The van der Waals surface area contributed by atoms with Crippen LogP contribution >= 0.6 is 11.8 Å². The van der Waals surface area contributed by atoms with Crippen LogP contribution < -0.4 is 10.1 Å². The highest BCUT2D eigenvalue weighted by molar-refractivity contribution is 7.99. The minimum atomic E-state index is -0.948. The van der Waals surface area contributed by atoms with Crippen LogP contribution in [-0.2, 0) is 5.75 Å². The first kappa shape index (κ1) is 20.0. The normalized spacial score (nSPS) is 15.3. The van der Waals surface area contributed by atoms with Crippen LogP contribution in [0.2, 0.25) is 0 Å². The number of rotatable bonds is 7. The second-order valence-electron chi connectivity index (χ2n) is 6.89. The molecule has 0 amide bonds. The highest BCUT2D eigenvalue weighted by atomic mass is 32.2. The van der Waals surface area contributed by atoms with E-state index in [0.29, 0.717) is 0 Å². The Bertz CT molecular complexity index is 1080. The highest BCUT2D eigenvalue weighted by Crippen LogP contribution is 2.36. The molecule has 1 unspecified atom stereocenters. The van der Waals surface area contributed by atoms with Gasteiger partial charge in [0.2, 0.25) is 0 Å². The van der Waals surface area contributed by atoms with E-state index >= 15 is 0 Å². The zero-order chi connectivity index (χ0) is 21.1. The maximum atomic E-state index is 11.2. The molecule has 0 aliphatic carbocycles. The molecule has 7 heteroatoms. The number of carbonyl (C=O) groups is 1. The molecule has 1 atom stereocenters. The quantitative estimate of drug-likeness (QED) is 0.564. The van der Waals surface area contributed by atoms with Crippen LogP contribution in [0.3, 0.4) is 0 Å². The molecule has 0 fully saturated rings. The molecular weight excluding hydrogens is 400 g/mol. The lowest BCUT2D eigenvalue weighted by atomic mass is 10.1. The molecule has 0 spiro atoms. The van der Waals surface area contributed by atoms with Gasteiger partial charge < -0.3 is 24.5 Å². The van der Waals surface area contributed by atoms with Gasteiger partial charge in [-0.2, -0.15) is 0 Å². The highest BCUT2D eigenvalue weighted by Gasteiger charge is 2.20. The fraction of sp³-hybridized carbons (Fsp3) is 0.174. The van der Waals surface area contributed by atoms with Crippen molar-refractivity contribution in [2.45, 2.75) is 11.3 Å². The molecule has 4 rings (SSSR count). The predicted molar refractivity (Wildman–Crippen MR) is 118 cm³/mol. The van der Waals surface area contributed by atoms with Gasteiger partial charge in [0, 0.05) is 41.9 Å². The Balaban J connectivity index is 1.68. The molecule has 2 heterocycles. The van der Waals surface area contributed by atoms with Gasteiger partial charge >= 0.3 is 5.97 Å². The average molecular weight is 423 g/mol. The molecule has 1 aliphatic rings. The number of carboxylic acid groups (broad SMARTS) is 1. The third-order valence-corrected chi connectivity index (χ3v) is 6.13. The van der Waals surface area contributed by atoms with E-state index in [2.05, 4.69) is 10.2 Å². The molecule has 3 aromatic rings. The zero-order valence-electron chi connectivity index (χ0n) is 16.7. The van der Waals surface area contributed by atoms with Crippen molar-refractivity contribution in [1.82, 2.24) is 10.2 Å². The van der Waals surface area contributed by atoms with Crippen molar-refractivity contribution in [2.24, 2.45) is 0 Å². The average Bonchev–Trinajstić information content (AvgIpc) is 3.38. The molecule has 2 aromatic carbocycles. The molecule has 0 radical (unpaired) electrons. The topological polar surface area (TPSA) is 74.9 Å². The number of thioether (sulfide) groups is 1. The molecule has 154 valence electrons. The molecule has 1 aromatic heterocycles. The molecule has 6 nitrogen and oxygen atoms in total. The molecule has 1 aliphatic heterocycles. The van der Waals surface area contributed by atoms with E-state index in [1.54, 1.807) is 43.1 Å². The van der Waals surface area contributed by atoms with Crippen molar-refractivity contribution in [1.29, 1.82) is 0 Å². The van der Waals surface area contributed by atoms with E-state index in [0.717, 1.165) is 39.7 Å². The van der Waals surface area contributed by atoms with Gasteiger partial charge in [-0.3, -0.25) is 0 Å². The SMILES string of the molecule is COc1cccc(-c2cc(CSC3NC=CN3C)c(-c3ccc(C(=O)O)cc3)o2)c1. The Morgan fingerprint density at radius 2 is 2.00 bits per heavy atom. The largest absolute Gasteiger partial charge is 0.497 e. The van der Waals surface area contributed by atoms with Crippen molar-refractivity contribution in [2.75, 3.05) is 14.2 Å². The number of hydrogen-bond acceptors (Lipinski definition) is 6. The van der Waals surface area contributed by atoms with Crippen LogP contribution in [-0.4, -0.2) is 35.6 Å². The minimum absolute atomic E-state index is 0.155. The first-order valence-corrected chi connectivity index (χ1v) is 10.5. The fourth-order valence-corrected chi connectivity index (χ4v) is 4.27. The lowest BCUT2D eigenvalue weighted by molar-refractivity contribution is 0.0697. The Labute approximate surface area is 179 Å². The molecule has 0 saturated carbocycles. The number of hydrogen-bond donors (Lipinski definition) is 2. The van der Waals surface area contributed by atoms with Crippen LogP contribution in [0.15, 0.2) is 71.4 Å². The van der Waals surface area contributed by atoms with E-state index in [4.69, 9.17) is 9.15 Å². The lowest BCUT2D eigenvalue weighted by Gasteiger charge is -2.20. The number of nitrogens with one attached hydrogen (secondary N) is 1. The first-order valence-electron chi connectivity index (χ1n) is 9.42. The van der Waals surface area contributed by atoms with Crippen LogP contribution in [0.1, 0.15) is 15.9 Å². The Hall–Kier alpha value is -3.32. The summed E-state index contributed by atoms with van der Waals surface area (Å²) in [6.07, 6.45) is 3.93. The number of carboxylic acids is 1. The van der Waals surface area contributed by atoms with Crippen LogP contribution in [0.5, 0.6) is 5.75 Å². The summed E-state index contributed by atoms with van der Waals surface area (Å²) in [6, 6.07) is 16.5. The van der Waals surface area contributed by atoms with Gasteiger partial charge in [-0.25, -0.2) is 4.79 Å². The second-order valence-corrected chi connectivity index (χ2v) is 7.96. The number of methoxy groups -OCH3 is 1. The van der Waals surface area contributed by atoms with Gasteiger partial charge in [0.05, 0.1) is 12.7 Å². The third kappa shape index (κ3) is 4.16. The van der Waals surface area contributed by atoms with Crippen molar-refractivity contribution < 1.29 is 19.1 Å². The standard InChI is InChI=1S/C23H22N2O4S/c1-25-11-10-24-23(25)30-14-18-13-20(17-4-3-5-19(12-17)28-2)29-21(18)15-6-8-16(9-7-15)22(26)27/h3-13,23-24H,14H2,1-2H3,(H,26,27). The molecule has 30 heavy (non-hydrogen) atoms. The Morgan fingerprint density at radius 3 is 2.67 bits per heavy atom. The summed E-state index contributed by atoms with van der Waals surface area (Å²) in [5, 5.41) is 12.5. The number of ether oxygens (including phenoxy) is 1. The smallest absolute Gasteiger partial charge is 0.335 e. The summed E-state index contributed by atoms with van der Waals surface area (Å²) < 4.78 is 11.6. The summed E-state index contributed by atoms with van der Waals surface area (Å²) in [6.45, 7) is 0. The third-order valence-electron chi connectivity index (χ3n) is 4.87. The van der Waals surface area contributed by atoms with Gasteiger partial charge in [-0.1, -0.05) is 24.3 Å². The van der Waals surface area contributed by atoms with Gasteiger partial charge in [-0.15, -0.1) is 11.8 Å². The van der Waals surface area contributed by atoms with Crippen molar-refractivity contribution in [3.8, 4) is 28.4 Å². The van der Waals surface area contributed by atoms with Crippen molar-refractivity contribution in [3.05, 3.63) is 78.1 Å². The molecule has 2 N–H and O–H groups in total. The molecular formula is C23H22N2O4S. The van der Waals surface area contributed by atoms with E-state index in [9.17, 15) is 9.90 Å². The molecule has 0 saturated heterocycles. The van der Waals surface area contributed by atoms with Crippen LogP contribution in [0.4, 0.5) is 0 Å². The van der Waals surface area contributed by atoms with E-state index < -0.39 is 5.97 Å². The monoisotopic (exact) mass is 422 g/mol. The van der Waals surface area contributed by atoms with Crippen LogP contribution in [0, 0.1) is 0 Å². The first-order chi connectivity index (χ1) is 14.5. The fourth-order valence-electron chi connectivity index (χ4n) is 3.24. The van der Waals surface area contributed by atoms with E-state index in [-0.39, 0.29) is 11.1 Å². The number of furan rings is 1.